The highest BCUT2D eigenvalue weighted by atomic mass is 19.1. The van der Waals surface area contributed by atoms with Crippen molar-refractivity contribution in [2.45, 2.75) is 147 Å². The molecule has 360 valence electrons. The predicted octanol–water partition coefficient (Wildman–Crippen LogP) is 4.89. The van der Waals surface area contributed by atoms with Crippen LogP contribution in [-0.2, 0) is 44.5 Å². The van der Waals surface area contributed by atoms with Gasteiger partial charge >= 0.3 is 5.97 Å². The molecule has 16 nitrogen and oxygen atoms in total. The Kier molecular flexibility index (Phi) is 17.7. The molecule has 0 bridgehead atoms. The first-order valence-electron chi connectivity index (χ1n) is 22.6. The molecule has 2 aliphatic heterocycles. The lowest BCUT2D eigenvalue weighted by Gasteiger charge is -2.47. The average molecular weight is 912 g/mol. The van der Waals surface area contributed by atoms with Crippen molar-refractivity contribution in [3.63, 3.8) is 0 Å². The van der Waals surface area contributed by atoms with Crippen molar-refractivity contribution >= 4 is 17.5 Å². The van der Waals surface area contributed by atoms with Crippen LogP contribution >= 0.6 is 0 Å². The number of pyridine rings is 1. The van der Waals surface area contributed by atoms with Crippen LogP contribution in [0.4, 0.5) is 4.39 Å². The molecule has 2 aliphatic rings. The number of ether oxygens (including phenoxy) is 5. The van der Waals surface area contributed by atoms with Crippen LogP contribution in [0, 0.1) is 23.7 Å². The maximum absolute atomic E-state index is 14.8. The predicted molar refractivity (Wildman–Crippen MR) is 238 cm³/mol. The van der Waals surface area contributed by atoms with Gasteiger partial charge in [-0.15, -0.1) is 5.10 Å². The second kappa shape index (κ2) is 22.2. The van der Waals surface area contributed by atoms with Crippen LogP contribution in [0.15, 0.2) is 55.0 Å². The fraction of sp³-hybridized carbons (Fsp3) is 0.667. The van der Waals surface area contributed by atoms with E-state index in [9.17, 15) is 34.1 Å². The van der Waals surface area contributed by atoms with E-state index in [-0.39, 0.29) is 18.6 Å². The molecule has 0 aliphatic carbocycles. The first kappa shape index (κ1) is 51.9. The normalized spacial score (nSPS) is 34.2. The Morgan fingerprint density at radius 2 is 1.69 bits per heavy atom. The highest BCUT2D eigenvalue weighted by molar-refractivity contribution is 6.00. The number of ketones is 2. The highest BCUT2D eigenvalue weighted by Crippen LogP contribution is 2.39. The number of carbonyl (C=O) groups excluding carboxylic acids is 3. The van der Waals surface area contributed by atoms with Crippen LogP contribution in [0.3, 0.4) is 0 Å². The number of likely N-dealkylation sites (N-methyl/N-ethyl adjacent to an activating group) is 1. The summed E-state index contributed by atoms with van der Waals surface area (Å²) >= 11 is 0. The van der Waals surface area contributed by atoms with Crippen LogP contribution in [-0.4, -0.2) is 146 Å². The molecule has 17 heteroatoms. The summed E-state index contributed by atoms with van der Waals surface area (Å²) in [6, 6.07) is 10.3. The Hall–Kier alpha value is -4.07. The van der Waals surface area contributed by atoms with Gasteiger partial charge in [0, 0.05) is 69.6 Å². The Bertz CT molecular complexity index is 2020. The van der Waals surface area contributed by atoms with Crippen molar-refractivity contribution in [3.8, 4) is 11.1 Å². The number of aliphatic hydroxyl groups is 3. The van der Waals surface area contributed by atoms with Gasteiger partial charge in [-0.2, -0.15) is 0 Å². The zero-order valence-corrected chi connectivity index (χ0v) is 39.7. The quantitative estimate of drug-likeness (QED) is 0.146. The minimum absolute atomic E-state index is 0.0229. The standard InChI is InChI=1S/C48H70FN5O11/c1-12-38-48(8,60)43(58)29(4)39(55)27(2)23-47(7,62-11)44(30(5)40(56)31(6)45(59)64-38)65-46-41(57)36(22-28(3)63-46)53(9)21-19-35-26-54(52-51-35)37(24-49)42(61-10)33-17-15-32(16-18-33)34-14-13-20-50-25-34/h13-18,20,25-31,36-38,41-44,46,57-58,60H,12,19,21-24H2,1-11H3/t27-,28-,29+,30+,31-,36+,37-,38-,41?,42-,43-,44-,46+,47-,48-/m1/s1. The molecule has 0 amide bonds. The molecule has 3 N–H and O–H groups in total. The maximum Gasteiger partial charge on any atom is 0.316 e. The van der Waals surface area contributed by atoms with E-state index in [0.29, 0.717) is 25.1 Å². The van der Waals surface area contributed by atoms with Crippen molar-refractivity contribution in [1.82, 2.24) is 24.9 Å². The minimum Gasteiger partial charge on any atom is -0.459 e. The van der Waals surface area contributed by atoms with Crippen LogP contribution in [0.1, 0.15) is 98.1 Å². The first-order chi connectivity index (χ1) is 30.7. The number of methoxy groups -OCH3 is 2. The van der Waals surface area contributed by atoms with E-state index in [4.69, 9.17) is 23.7 Å². The maximum atomic E-state index is 14.8. The van der Waals surface area contributed by atoms with E-state index in [0.717, 1.165) is 16.7 Å². The van der Waals surface area contributed by atoms with Crippen molar-refractivity contribution in [3.05, 3.63) is 66.2 Å². The molecular formula is C48H70FN5O11. The molecular weight excluding hydrogens is 842 g/mol. The van der Waals surface area contributed by atoms with Gasteiger partial charge in [0.05, 0.1) is 29.6 Å². The van der Waals surface area contributed by atoms with Crippen molar-refractivity contribution < 1.29 is 57.8 Å². The van der Waals surface area contributed by atoms with Crippen molar-refractivity contribution in [2.75, 3.05) is 34.5 Å². The summed E-state index contributed by atoms with van der Waals surface area (Å²) in [7, 11) is 4.82. The smallest absolute Gasteiger partial charge is 0.316 e. The fourth-order valence-electron chi connectivity index (χ4n) is 9.61. The molecule has 0 saturated carbocycles. The summed E-state index contributed by atoms with van der Waals surface area (Å²) < 4.78 is 46.7. The van der Waals surface area contributed by atoms with E-state index in [2.05, 4.69) is 15.3 Å². The van der Waals surface area contributed by atoms with Gasteiger partial charge in [0.2, 0.25) is 0 Å². The lowest BCUT2D eigenvalue weighted by atomic mass is 9.74. The first-order valence-corrected chi connectivity index (χ1v) is 22.6. The average Bonchev–Trinajstić information content (AvgIpc) is 3.78. The van der Waals surface area contributed by atoms with E-state index < -0.39 is 108 Å². The van der Waals surface area contributed by atoms with Gasteiger partial charge in [-0.05, 0) is 76.8 Å². The molecule has 5 rings (SSSR count). The molecule has 1 unspecified atom stereocenters. The fourth-order valence-corrected chi connectivity index (χ4v) is 9.61. The molecule has 1 aromatic carbocycles. The Morgan fingerprint density at radius 1 is 1.00 bits per heavy atom. The zero-order valence-electron chi connectivity index (χ0n) is 39.7. The minimum atomic E-state index is -2.00. The summed E-state index contributed by atoms with van der Waals surface area (Å²) in [6.45, 7) is 12.4. The van der Waals surface area contributed by atoms with Crippen LogP contribution in [0.2, 0.25) is 0 Å². The SMILES string of the molecule is CC[C@H]1OC(=O)[C@H](C)C(=O)[C@H](C)[C@@H](O[C@@H]2O[C@H](C)C[C@H](N(C)CCc3cn([C@H](CF)[C@H](OC)c4ccc(-c5cccnc5)cc4)nn3)C2O)[C@](C)(OC)C[C@@H](C)C(=O)[C@H](C)[C@@H](O)[C@]1(C)O. The summed E-state index contributed by atoms with van der Waals surface area (Å²) in [4.78, 5) is 47.8. The molecule has 2 aromatic heterocycles. The van der Waals surface area contributed by atoms with E-state index in [1.165, 1.54) is 39.7 Å². The molecule has 4 heterocycles. The number of nitrogens with zero attached hydrogens (tertiary/aromatic N) is 5. The van der Waals surface area contributed by atoms with Gasteiger partial charge in [0.15, 0.2) is 12.1 Å². The Balaban J connectivity index is 1.33. The summed E-state index contributed by atoms with van der Waals surface area (Å²) in [5.74, 6) is -5.99. The number of halogens is 1. The number of rotatable bonds is 14. The lowest BCUT2D eigenvalue weighted by Crippen LogP contribution is -2.60. The molecule has 2 fully saturated rings. The molecule has 0 radical (unpaired) electrons. The zero-order chi connectivity index (χ0) is 48.0. The summed E-state index contributed by atoms with van der Waals surface area (Å²) in [5.41, 5.74) is -0.0470. The van der Waals surface area contributed by atoms with Gasteiger partial charge in [0.1, 0.15) is 48.3 Å². The topological polar surface area (TPSA) is 205 Å². The molecule has 0 spiro atoms. The molecule has 15 atom stereocenters. The Labute approximate surface area is 382 Å². The second-order valence-corrected chi connectivity index (χ2v) is 18.6. The number of Topliss-reactive ketones (excluding diaryl/α,β-unsaturated/α-hetero) is 2. The number of hydrogen-bond donors (Lipinski definition) is 3. The van der Waals surface area contributed by atoms with Crippen molar-refractivity contribution in [1.29, 1.82) is 0 Å². The van der Waals surface area contributed by atoms with Gasteiger partial charge in [-0.1, -0.05) is 63.2 Å². The number of esters is 1. The van der Waals surface area contributed by atoms with Gasteiger partial charge in [0.25, 0.3) is 0 Å². The van der Waals surface area contributed by atoms with E-state index >= 15 is 0 Å². The summed E-state index contributed by atoms with van der Waals surface area (Å²) in [5, 5.41) is 43.4. The summed E-state index contributed by atoms with van der Waals surface area (Å²) in [6.07, 6.45) is -1.33. The van der Waals surface area contributed by atoms with Crippen LogP contribution in [0.5, 0.6) is 0 Å². The molecule has 3 aromatic rings. The Morgan fingerprint density at radius 3 is 2.29 bits per heavy atom. The van der Waals surface area contributed by atoms with Gasteiger partial charge in [-0.3, -0.25) is 19.4 Å². The van der Waals surface area contributed by atoms with Gasteiger partial charge < -0.3 is 43.9 Å². The van der Waals surface area contributed by atoms with E-state index in [1.54, 1.807) is 46.3 Å². The number of carbonyl (C=O) groups is 3. The molecule has 65 heavy (non-hydrogen) atoms. The number of hydrogen-bond acceptors (Lipinski definition) is 15. The van der Waals surface area contributed by atoms with E-state index in [1.807, 2.05) is 55.3 Å². The molecule has 2 saturated heterocycles. The second-order valence-electron chi connectivity index (χ2n) is 18.6. The number of aromatic nitrogens is 4. The lowest BCUT2D eigenvalue weighted by molar-refractivity contribution is -0.296. The van der Waals surface area contributed by atoms with Gasteiger partial charge in [-0.25, -0.2) is 9.07 Å². The third kappa shape index (κ3) is 11.6. The third-order valence-electron chi connectivity index (χ3n) is 13.8. The number of aliphatic hydroxyl groups excluding tert-OH is 2. The highest BCUT2D eigenvalue weighted by Gasteiger charge is 2.52. The number of cyclic esters (lactones) is 1. The number of alkyl halides is 1. The number of benzene rings is 1. The van der Waals surface area contributed by atoms with Crippen LogP contribution in [0.25, 0.3) is 11.1 Å². The monoisotopic (exact) mass is 912 g/mol. The van der Waals surface area contributed by atoms with Crippen molar-refractivity contribution in [2.24, 2.45) is 23.7 Å². The largest absolute Gasteiger partial charge is 0.459 e. The van der Waals surface area contributed by atoms with Crippen LogP contribution < -0.4 is 0 Å². The third-order valence-corrected chi connectivity index (χ3v) is 13.8.